The number of aryl methyl sites for hydroxylation is 1. The van der Waals surface area contributed by atoms with E-state index >= 15 is 0 Å². The minimum Gasteiger partial charge on any atom is -0.505 e. The lowest BCUT2D eigenvalue weighted by Crippen LogP contribution is -2.14. The van der Waals surface area contributed by atoms with Crippen molar-refractivity contribution in [2.45, 2.75) is 13.3 Å². The Bertz CT molecular complexity index is 418. The Morgan fingerprint density at radius 2 is 2.25 bits per heavy atom. The Kier molecular flexibility index (Phi) is 4.15. The summed E-state index contributed by atoms with van der Waals surface area (Å²) < 4.78 is 5.08. The molecule has 88 valence electrons. The minimum absolute atomic E-state index is 0.0543. The van der Waals surface area contributed by atoms with Crippen LogP contribution in [0.1, 0.15) is 22.8 Å². The topological polar surface area (TPSA) is 72.6 Å². The maximum absolute atomic E-state index is 11.5. The van der Waals surface area contributed by atoms with Gasteiger partial charge in [-0.05, 0) is 18.1 Å². The maximum Gasteiger partial charge on any atom is 0.180 e. The van der Waals surface area contributed by atoms with E-state index in [1.807, 2.05) is 6.92 Å². The molecule has 0 heterocycles. The molecule has 3 N–H and O–H groups in total. The van der Waals surface area contributed by atoms with E-state index in [1.54, 1.807) is 6.07 Å². The molecule has 1 rings (SSSR count). The average Bonchev–Trinajstić information content (AvgIpc) is 2.31. The van der Waals surface area contributed by atoms with Gasteiger partial charge in [-0.3, -0.25) is 4.79 Å². The number of benzene rings is 1. The number of methoxy groups -OCH3 is 1. The molecule has 0 atom stereocenters. The Balaban J connectivity index is 3.44. The maximum atomic E-state index is 11.5. The van der Waals surface area contributed by atoms with E-state index in [2.05, 4.69) is 0 Å². The second-order valence-electron chi connectivity index (χ2n) is 3.26. The number of hydrogen-bond acceptors (Lipinski definition) is 4. The van der Waals surface area contributed by atoms with Crippen molar-refractivity contribution in [1.29, 1.82) is 0 Å². The number of rotatable bonds is 4. The van der Waals surface area contributed by atoms with Gasteiger partial charge >= 0.3 is 0 Å². The predicted octanol–water partition coefficient (Wildman–Crippen LogP) is 1.76. The summed E-state index contributed by atoms with van der Waals surface area (Å²) in [4.78, 5) is 11.5. The summed E-state index contributed by atoms with van der Waals surface area (Å²) in [6, 6.07) is 1.56. The number of phenolic OH excluding ortho intramolecular Hbond substituents is 1. The molecule has 1 aromatic rings. The van der Waals surface area contributed by atoms with Crippen LogP contribution in [-0.2, 0) is 6.42 Å². The van der Waals surface area contributed by atoms with Gasteiger partial charge in [0.1, 0.15) is 16.5 Å². The lowest BCUT2D eigenvalue weighted by Gasteiger charge is -2.13. The summed E-state index contributed by atoms with van der Waals surface area (Å²) in [5.41, 5.74) is 6.16. The van der Waals surface area contributed by atoms with Crippen LogP contribution in [0, 0.1) is 0 Å². The van der Waals surface area contributed by atoms with Crippen LogP contribution in [0.5, 0.6) is 11.5 Å². The van der Waals surface area contributed by atoms with Crippen LogP contribution >= 0.6 is 11.6 Å². The third-order valence-electron chi connectivity index (χ3n) is 2.34. The monoisotopic (exact) mass is 243 g/mol. The molecule has 0 bridgehead atoms. The summed E-state index contributed by atoms with van der Waals surface area (Å²) in [5.74, 6) is -0.224. The van der Waals surface area contributed by atoms with Crippen LogP contribution in [-0.4, -0.2) is 24.5 Å². The van der Waals surface area contributed by atoms with E-state index in [-0.39, 0.29) is 28.7 Å². The number of Topliss-reactive ketones (excluding diaryl/α,β-unsaturated/α-hetero) is 1. The van der Waals surface area contributed by atoms with Crippen LogP contribution in [0.15, 0.2) is 6.07 Å². The third kappa shape index (κ3) is 2.13. The number of halogens is 1. The van der Waals surface area contributed by atoms with Gasteiger partial charge < -0.3 is 15.6 Å². The Labute approximate surface area is 99.0 Å². The number of phenols is 1. The lowest BCUT2D eigenvalue weighted by atomic mass is 10.0. The fourth-order valence-corrected chi connectivity index (χ4v) is 1.78. The number of aromatic hydroxyl groups is 1. The van der Waals surface area contributed by atoms with E-state index in [1.165, 1.54) is 7.11 Å². The summed E-state index contributed by atoms with van der Waals surface area (Å²) in [7, 11) is 1.46. The van der Waals surface area contributed by atoms with Crippen molar-refractivity contribution in [3.63, 3.8) is 0 Å². The Hall–Kier alpha value is -1.26. The van der Waals surface area contributed by atoms with Crippen molar-refractivity contribution in [2.24, 2.45) is 5.73 Å². The van der Waals surface area contributed by atoms with Crippen LogP contribution in [0.3, 0.4) is 0 Å². The van der Waals surface area contributed by atoms with Gasteiger partial charge in [0.2, 0.25) is 0 Å². The number of carbonyl (C=O) groups excluding carboxylic acids is 1. The number of nitrogens with two attached hydrogens (primary N) is 1. The second kappa shape index (κ2) is 5.18. The van der Waals surface area contributed by atoms with E-state index in [4.69, 9.17) is 22.1 Å². The zero-order chi connectivity index (χ0) is 12.3. The molecule has 1 aromatic carbocycles. The summed E-state index contributed by atoms with van der Waals surface area (Å²) in [6.45, 7) is 1.74. The number of ether oxygens (including phenoxy) is 1. The highest BCUT2D eigenvalue weighted by atomic mass is 35.5. The zero-order valence-corrected chi connectivity index (χ0v) is 9.97. The van der Waals surface area contributed by atoms with Gasteiger partial charge in [-0.2, -0.15) is 0 Å². The first-order chi connectivity index (χ1) is 7.56. The van der Waals surface area contributed by atoms with Crippen molar-refractivity contribution in [2.75, 3.05) is 13.7 Å². The zero-order valence-electron chi connectivity index (χ0n) is 9.21. The third-order valence-corrected chi connectivity index (χ3v) is 2.69. The second-order valence-corrected chi connectivity index (χ2v) is 3.64. The molecule has 0 saturated carbocycles. The summed E-state index contributed by atoms with van der Waals surface area (Å²) >= 11 is 5.92. The van der Waals surface area contributed by atoms with E-state index in [9.17, 15) is 9.90 Å². The molecule has 0 saturated heterocycles. The normalized spacial score (nSPS) is 10.2. The molecular weight excluding hydrogens is 230 g/mol. The minimum atomic E-state index is -0.350. The highest BCUT2D eigenvalue weighted by molar-refractivity contribution is 6.34. The summed E-state index contributed by atoms with van der Waals surface area (Å²) in [6.07, 6.45) is 0.647. The van der Waals surface area contributed by atoms with Crippen molar-refractivity contribution < 1.29 is 14.6 Å². The first-order valence-corrected chi connectivity index (χ1v) is 5.26. The first kappa shape index (κ1) is 12.8. The van der Waals surface area contributed by atoms with E-state index in [0.717, 1.165) is 5.56 Å². The molecule has 0 unspecified atom stereocenters. The molecule has 5 heteroatoms. The van der Waals surface area contributed by atoms with Gasteiger partial charge in [0.25, 0.3) is 0 Å². The van der Waals surface area contributed by atoms with Gasteiger partial charge in [-0.25, -0.2) is 0 Å². The van der Waals surface area contributed by atoms with Crippen LogP contribution in [0.2, 0.25) is 5.02 Å². The predicted molar refractivity (Wildman–Crippen MR) is 62.4 cm³/mol. The fourth-order valence-electron chi connectivity index (χ4n) is 1.48. The van der Waals surface area contributed by atoms with Gasteiger partial charge in [0.15, 0.2) is 5.78 Å². The largest absolute Gasteiger partial charge is 0.505 e. The van der Waals surface area contributed by atoms with Gasteiger partial charge in [-0.1, -0.05) is 18.5 Å². The van der Waals surface area contributed by atoms with Crippen molar-refractivity contribution >= 4 is 17.4 Å². The van der Waals surface area contributed by atoms with Crippen molar-refractivity contribution in [3.8, 4) is 11.5 Å². The molecule has 0 aromatic heterocycles. The van der Waals surface area contributed by atoms with Crippen LogP contribution < -0.4 is 10.5 Å². The molecule has 0 spiro atoms. The molecular formula is C11H14ClNO3. The van der Waals surface area contributed by atoms with E-state index < -0.39 is 0 Å². The molecule has 0 radical (unpaired) electrons. The molecule has 0 aliphatic carbocycles. The standard InChI is InChI=1S/C11H14ClNO3/c1-3-6-4-7(8(14)5-13)10(15)9(12)11(6)16-2/h4,15H,3,5,13H2,1-2H3. The number of ketones is 1. The first-order valence-electron chi connectivity index (χ1n) is 4.88. The number of carbonyl (C=O) groups is 1. The van der Waals surface area contributed by atoms with E-state index in [0.29, 0.717) is 12.2 Å². The molecule has 16 heavy (non-hydrogen) atoms. The van der Waals surface area contributed by atoms with Gasteiger partial charge in [-0.15, -0.1) is 0 Å². The highest BCUT2D eigenvalue weighted by Gasteiger charge is 2.19. The molecule has 0 aliphatic rings. The number of hydrogen-bond donors (Lipinski definition) is 2. The molecule has 4 nitrogen and oxygen atoms in total. The lowest BCUT2D eigenvalue weighted by molar-refractivity contribution is 0.0998. The smallest absolute Gasteiger partial charge is 0.180 e. The fraction of sp³-hybridized carbons (Fsp3) is 0.364. The van der Waals surface area contributed by atoms with Crippen LogP contribution in [0.4, 0.5) is 0 Å². The van der Waals surface area contributed by atoms with Crippen molar-refractivity contribution in [3.05, 3.63) is 22.2 Å². The summed E-state index contributed by atoms with van der Waals surface area (Å²) in [5, 5.41) is 9.80. The molecule has 0 amide bonds. The van der Waals surface area contributed by atoms with Crippen molar-refractivity contribution in [1.82, 2.24) is 0 Å². The SMILES string of the molecule is CCc1cc(C(=O)CN)c(O)c(Cl)c1OC. The molecule has 0 aliphatic heterocycles. The van der Waals surface area contributed by atoms with Gasteiger partial charge in [0, 0.05) is 0 Å². The molecule has 0 fully saturated rings. The Morgan fingerprint density at radius 1 is 1.62 bits per heavy atom. The van der Waals surface area contributed by atoms with Crippen LogP contribution in [0.25, 0.3) is 0 Å². The average molecular weight is 244 g/mol. The quantitative estimate of drug-likeness (QED) is 0.791. The van der Waals surface area contributed by atoms with Gasteiger partial charge in [0.05, 0.1) is 19.2 Å². The highest BCUT2D eigenvalue weighted by Crippen LogP contribution is 2.39. The Morgan fingerprint density at radius 3 is 2.69 bits per heavy atom.